The van der Waals surface area contributed by atoms with Crippen LogP contribution in [0.3, 0.4) is 0 Å². The summed E-state index contributed by atoms with van der Waals surface area (Å²) in [6.07, 6.45) is 6.30. The molecule has 0 aliphatic carbocycles. The second kappa shape index (κ2) is 14.1. The second-order valence-electron chi connectivity index (χ2n) is 16.0. The van der Waals surface area contributed by atoms with Gasteiger partial charge in [-0.15, -0.1) is 11.3 Å². The molecule has 4 saturated heterocycles. The number of benzene rings is 1. The summed E-state index contributed by atoms with van der Waals surface area (Å²) in [7, 11) is 3.47. The van der Waals surface area contributed by atoms with Crippen LogP contribution in [0.1, 0.15) is 18.7 Å². The van der Waals surface area contributed by atoms with E-state index >= 15 is 0 Å². The van der Waals surface area contributed by atoms with Crippen molar-refractivity contribution in [3.63, 3.8) is 0 Å². The Kier molecular flexibility index (Phi) is 8.59. The van der Waals surface area contributed by atoms with Gasteiger partial charge in [0.2, 0.25) is 11.9 Å². The third-order valence-corrected chi connectivity index (χ3v) is 13.1. The number of imidazole rings is 1. The molecule has 0 radical (unpaired) electrons. The molecular formula is C41H41FN14O3S. The number of aryl methyl sites for hydroxylation is 1. The number of carbonyl (C=O) groups is 1. The normalized spacial score (nSPS) is 22.9. The monoisotopic (exact) mass is 828 g/mol. The molecule has 7 aromatic rings. The SMILES string of the molecule is CO[C@H]1CN(C)C(=O)[C@@H]2C[C@@H](CN2c2nc(N3C4CC3CN(c3nccs3)C4)nc3c2cnn3-c2ccc(F)cc2O)Nc2cccc(n2)-c2nccc3nc(C)n(c23)C1. The van der Waals surface area contributed by atoms with Crippen molar-refractivity contribution >= 4 is 62.0 Å². The molecule has 1 aromatic carbocycles. The molecule has 5 atom stereocenters. The zero-order chi connectivity index (χ0) is 40.8. The number of hydrogen-bond donors (Lipinski definition) is 2. The second-order valence-corrected chi connectivity index (χ2v) is 16.8. The van der Waals surface area contributed by atoms with Gasteiger partial charge < -0.3 is 39.3 Å². The number of nitrogens with one attached hydrogen (secondary N) is 1. The molecule has 19 heteroatoms. The molecule has 2 unspecified atom stereocenters. The molecule has 5 aliphatic rings. The minimum atomic E-state index is -0.635. The predicted octanol–water partition coefficient (Wildman–Crippen LogP) is 4.25. The zero-order valence-corrected chi connectivity index (χ0v) is 33.9. The van der Waals surface area contributed by atoms with Crippen molar-refractivity contribution in [2.75, 3.05) is 60.4 Å². The number of phenolic OH excluding ortho intramolecular Hbond substituents is 1. The largest absolute Gasteiger partial charge is 0.506 e. The van der Waals surface area contributed by atoms with Gasteiger partial charge in [0.15, 0.2) is 10.8 Å². The third kappa shape index (κ3) is 5.96. The van der Waals surface area contributed by atoms with E-state index in [0.717, 1.165) is 47.6 Å². The highest BCUT2D eigenvalue weighted by molar-refractivity contribution is 7.13. The minimum Gasteiger partial charge on any atom is -0.506 e. The van der Waals surface area contributed by atoms with Crippen molar-refractivity contribution in [3.05, 3.63) is 78.1 Å². The molecule has 0 saturated carbocycles. The molecule has 306 valence electrons. The Morgan fingerprint density at radius 1 is 0.967 bits per heavy atom. The first-order valence-electron chi connectivity index (χ1n) is 20.0. The molecule has 2 N–H and O–H groups in total. The van der Waals surface area contributed by atoms with Crippen molar-refractivity contribution in [1.82, 2.24) is 49.2 Å². The number of anilines is 4. The number of hydrogen-bond acceptors (Lipinski definition) is 15. The van der Waals surface area contributed by atoms with Gasteiger partial charge in [0.25, 0.3) is 0 Å². The van der Waals surface area contributed by atoms with Gasteiger partial charge in [-0.05, 0) is 50.1 Å². The van der Waals surface area contributed by atoms with Crippen LogP contribution in [0.25, 0.3) is 39.1 Å². The standard InChI is InChI=1S/C41H41FN14O3S/c1-22-46-30-9-10-43-35-29-5-4-6-34(48-29)47-24-14-32(39(58)51(2)20-27(59-3)21-53(22)36(30)35)54(17-24)37-28-16-45-56(31-8-7-23(42)13-33(31)57)38(28)50-40(49-37)55-25-15-26(55)19-52(18-25)41-44-11-12-60-41/h4-13,16,24-27,32,57H,14-15,17-21H2,1-3H3,(H,47,48)/t24-,25?,26?,27-,32-/m0/s1. The Hall–Kier alpha value is -6.47. The van der Waals surface area contributed by atoms with Gasteiger partial charge in [0, 0.05) is 70.2 Å². The lowest BCUT2D eigenvalue weighted by molar-refractivity contribution is -0.132. The van der Waals surface area contributed by atoms with E-state index in [-0.39, 0.29) is 41.6 Å². The molecule has 5 aliphatic heterocycles. The number of aromatic hydroxyl groups is 1. The quantitative estimate of drug-likeness (QED) is 0.252. The van der Waals surface area contributed by atoms with E-state index in [2.05, 4.69) is 34.7 Å². The summed E-state index contributed by atoms with van der Waals surface area (Å²) in [4.78, 5) is 52.9. The number of thiazole rings is 1. The van der Waals surface area contributed by atoms with Crippen LogP contribution in [0.2, 0.25) is 0 Å². The molecule has 1 amide bonds. The van der Waals surface area contributed by atoms with Crippen molar-refractivity contribution < 1.29 is 19.0 Å². The van der Waals surface area contributed by atoms with Crippen molar-refractivity contribution in [1.29, 1.82) is 0 Å². The number of likely N-dealkylation sites (N-methyl/N-ethyl adjacent to an activating group) is 1. The van der Waals surface area contributed by atoms with Crippen LogP contribution in [0.15, 0.2) is 66.4 Å². The van der Waals surface area contributed by atoms with Crippen molar-refractivity contribution in [3.8, 4) is 22.8 Å². The zero-order valence-electron chi connectivity index (χ0n) is 33.1. The van der Waals surface area contributed by atoms with Crippen LogP contribution in [0.5, 0.6) is 5.75 Å². The van der Waals surface area contributed by atoms with Gasteiger partial charge >= 0.3 is 0 Å². The number of piperidine rings is 1. The summed E-state index contributed by atoms with van der Waals surface area (Å²) in [6.45, 7) is 4.65. The number of halogens is 1. The molecular weight excluding hydrogens is 788 g/mol. The van der Waals surface area contributed by atoms with Crippen LogP contribution in [0.4, 0.5) is 27.1 Å². The highest BCUT2D eigenvalue weighted by Crippen LogP contribution is 2.41. The Morgan fingerprint density at radius 2 is 1.83 bits per heavy atom. The van der Waals surface area contributed by atoms with Gasteiger partial charge in [-0.3, -0.25) is 9.78 Å². The number of piperazine rings is 1. The first kappa shape index (κ1) is 36.6. The average molecular weight is 829 g/mol. The van der Waals surface area contributed by atoms with Gasteiger partial charge in [-0.25, -0.2) is 24.0 Å². The number of pyridine rings is 2. The molecule has 6 aromatic heterocycles. The number of amides is 1. The van der Waals surface area contributed by atoms with Gasteiger partial charge in [0.1, 0.15) is 46.5 Å². The summed E-state index contributed by atoms with van der Waals surface area (Å²) < 4.78 is 23.9. The van der Waals surface area contributed by atoms with E-state index in [1.807, 2.05) is 49.8 Å². The molecule has 4 fully saturated rings. The molecule has 6 bridgehead atoms. The summed E-state index contributed by atoms with van der Waals surface area (Å²) >= 11 is 1.62. The fraction of sp³-hybridized carbons (Fsp3) is 0.366. The lowest BCUT2D eigenvalue weighted by Crippen LogP contribution is -2.69. The summed E-state index contributed by atoms with van der Waals surface area (Å²) in [5.74, 6) is 1.56. The van der Waals surface area contributed by atoms with Crippen LogP contribution in [-0.2, 0) is 16.1 Å². The van der Waals surface area contributed by atoms with Crippen LogP contribution >= 0.6 is 11.3 Å². The number of ether oxygens (including phenoxy) is 1. The average Bonchev–Trinajstić information content (AvgIpc) is 4.07. The highest BCUT2D eigenvalue weighted by Gasteiger charge is 2.48. The van der Waals surface area contributed by atoms with Crippen LogP contribution in [-0.4, -0.2) is 131 Å². The number of aromatic nitrogens is 9. The van der Waals surface area contributed by atoms with Crippen molar-refractivity contribution in [2.45, 2.75) is 56.6 Å². The maximum absolute atomic E-state index is 14.9. The van der Waals surface area contributed by atoms with Crippen LogP contribution in [0, 0.1) is 12.7 Å². The smallest absolute Gasteiger partial charge is 0.245 e. The maximum Gasteiger partial charge on any atom is 0.245 e. The molecule has 17 nitrogen and oxygen atoms in total. The summed E-state index contributed by atoms with van der Waals surface area (Å²) in [6, 6.07) is 11.0. The number of phenols is 1. The molecule has 60 heavy (non-hydrogen) atoms. The summed E-state index contributed by atoms with van der Waals surface area (Å²) in [5.41, 5.74) is 3.78. The Labute approximate surface area is 347 Å². The van der Waals surface area contributed by atoms with E-state index in [9.17, 15) is 14.3 Å². The third-order valence-electron chi connectivity index (χ3n) is 12.3. The fourth-order valence-corrected chi connectivity index (χ4v) is 10.1. The predicted molar refractivity (Wildman–Crippen MR) is 224 cm³/mol. The number of methoxy groups -OCH3 is 1. The van der Waals surface area contributed by atoms with E-state index in [1.165, 1.54) is 16.8 Å². The Morgan fingerprint density at radius 3 is 2.63 bits per heavy atom. The Bertz CT molecular complexity index is 2780. The van der Waals surface area contributed by atoms with Gasteiger partial charge in [-0.1, -0.05) is 6.07 Å². The number of carbonyl (C=O) groups excluding carboxylic acids is 1. The van der Waals surface area contributed by atoms with E-state index < -0.39 is 11.9 Å². The first-order chi connectivity index (χ1) is 29.2. The maximum atomic E-state index is 14.9. The van der Waals surface area contributed by atoms with Crippen LogP contribution < -0.4 is 20.0 Å². The van der Waals surface area contributed by atoms with Gasteiger partial charge in [0.05, 0.1) is 53.0 Å². The number of rotatable bonds is 5. The van der Waals surface area contributed by atoms with E-state index in [4.69, 9.17) is 29.7 Å². The minimum absolute atomic E-state index is 0.0932. The summed E-state index contributed by atoms with van der Waals surface area (Å²) in [5, 5.41) is 22.8. The lowest BCUT2D eigenvalue weighted by atomic mass is 9.88. The molecule has 12 rings (SSSR count). The van der Waals surface area contributed by atoms with E-state index in [0.29, 0.717) is 66.1 Å². The highest BCUT2D eigenvalue weighted by atomic mass is 32.1. The van der Waals surface area contributed by atoms with E-state index in [1.54, 1.807) is 35.7 Å². The molecule has 11 heterocycles. The topological polar surface area (TPSA) is 172 Å². The Balaban J connectivity index is 1.02. The van der Waals surface area contributed by atoms with Crippen molar-refractivity contribution in [2.24, 2.45) is 0 Å². The first-order valence-corrected chi connectivity index (χ1v) is 20.9. The number of nitrogens with zero attached hydrogens (tertiary/aromatic N) is 13. The fourth-order valence-electron chi connectivity index (χ4n) is 9.47. The number of fused-ring (bicyclic) bond motifs is 8. The molecule has 0 spiro atoms. The lowest BCUT2D eigenvalue weighted by Gasteiger charge is -2.56. The van der Waals surface area contributed by atoms with Gasteiger partial charge in [-0.2, -0.15) is 15.1 Å².